The lowest BCUT2D eigenvalue weighted by Gasteiger charge is -2.25. The van der Waals surface area contributed by atoms with Crippen LogP contribution in [0.25, 0.3) is 0 Å². The number of allylic oxidation sites excluding steroid dienone is 1. The second-order valence-corrected chi connectivity index (χ2v) is 6.39. The Morgan fingerprint density at radius 3 is 1.73 bits per heavy atom. The lowest BCUT2D eigenvalue weighted by atomic mass is 10.2. The zero-order chi connectivity index (χ0) is 15.9. The van der Waals surface area contributed by atoms with Crippen LogP contribution in [0.5, 0.6) is 0 Å². The van der Waals surface area contributed by atoms with Crippen molar-refractivity contribution in [3.05, 3.63) is 35.7 Å². The lowest BCUT2D eigenvalue weighted by molar-refractivity contribution is 0.809. The summed E-state index contributed by atoms with van der Waals surface area (Å²) in [4.78, 5) is 4.18. The van der Waals surface area contributed by atoms with Gasteiger partial charge in [0.15, 0.2) is 5.57 Å². The summed E-state index contributed by atoms with van der Waals surface area (Å²) < 4.78 is 0. The first-order valence-corrected chi connectivity index (χ1v) is 9.33. The molecule has 1 heterocycles. The molecule has 0 bridgehead atoms. The molecule has 6 heteroatoms. The molecule has 0 atom stereocenters. The van der Waals surface area contributed by atoms with Crippen molar-refractivity contribution in [1.82, 2.24) is 0 Å². The maximum Gasteiger partial charge on any atom is 0.170 e. The molecule has 114 valence electrons. The van der Waals surface area contributed by atoms with Crippen LogP contribution in [-0.2, 0) is 0 Å². The third-order valence-electron chi connectivity index (χ3n) is 3.45. The molecule has 0 spiro atoms. The molecule has 0 saturated heterocycles. The molecule has 22 heavy (non-hydrogen) atoms. The highest BCUT2D eigenvalue weighted by molar-refractivity contribution is 9.09. The number of hydrogen-bond acceptors (Lipinski definition) is 4. The number of halogens is 2. The molecular weight excluding hydrogens is 408 g/mol. The topological polar surface area (TPSA) is 54.1 Å². The summed E-state index contributed by atoms with van der Waals surface area (Å²) in [6.07, 6.45) is 1.88. The van der Waals surface area contributed by atoms with Gasteiger partial charge in [-0.25, -0.2) is 0 Å². The van der Waals surface area contributed by atoms with Crippen molar-refractivity contribution < 1.29 is 0 Å². The minimum Gasteiger partial charge on any atom is -0.324 e. The van der Waals surface area contributed by atoms with Gasteiger partial charge in [0.05, 0.1) is 11.4 Å². The summed E-state index contributed by atoms with van der Waals surface area (Å²) in [7, 11) is 0. The zero-order valence-electron chi connectivity index (χ0n) is 12.1. The van der Waals surface area contributed by atoms with Crippen LogP contribution in [0.2, 0.25) is 0 Å². The lowest BCUT2D eigenvalue weighted by Crippen LogP contribution is -2.31. The monoisotopic (exact) mass is 422 g/mol. The molecule has 1 aromatic carbocycles. The molecular formula is C16H16Br2N4. The number of benzene rings is 1. The van der Waals surface area contributed by atoms with Gasteiger partial charge in [0.25, 0.3) is 0 Å². The highest BCUT2D eigenvalue weighted by atomic mass is 79.9. The summed E-state index contributed by atoms with van der Waals surface area (Å²) >= 11 is 6.90. The van der Waals surface area contributed by atoms with Crippen molar-refractivity contribution in [1.29, 1.82) is 10.5 Å². The third-order valence-corrected chi connectivity index (χ3v) is 4.57. The van der Waals surface area contributed by atoms with Crippen molar-refractivity contribution in [2.75, 3.05) is 33.5 Å². The number of hydrogen-bond donors (Lipinski definition) is 0. The molecule has 1 aliphatic heterocycles. The number of nitrogens with zero attached hydrogens (tertiary/aromatic N) is 4. The molecule has 0 amide bonds. The van der Waals surface area contributed by atoms with Crippen LogP contribution in [0.15, 0.2) is 35.7 Å². The van der Waals surface area contributed by atoms with Crippen LogP contribution in [0, 0.1) is 22.7 Å². The van der Waals surface area contributed by atoms with E-state index in [9.17, 15) is 10.5 Å². The molecule has 4 nitrogen and oxygen atoms in total. The van der Waals surface area contributed by atoms with Gasteiger partial charge in [0.1, 0.15) is 18.0 Å². The quantitative estimate of drug-likeness (QED) is 0.509. The van der Waals surface area contributed by atoms with E-state index in [4.69, 9.17) is 0 Å². The highest BCUT2D eigenvalue weighted by Gasteiger charge is 2.33. The van der Waals surface area contributed by atoms with Gasteiger partial charge in [0, 0.05) is 23.7 Å². The van der Waals surface area contributed by atoms with Crippen LogP contribution in [0.1, 0.15) is 12.8 Å². The molecule has 0 saturated carbocycles. The Hall–Kier alpha value is -1.50. The Balaban J connectivity index is 2.53. The van der Waals surface area contributed by atoms with Gasteiger partial charge < -0.3 is 9.80 Å². The van der Waals surface area contributed by atoms with Gasteiger partial charge in [-0.05, 0) is 25.0 Å². The largest absolute Gasteiger partial charge is 0.324 e. The van der Waals surface area contributed by atoms with Crippen LogP contribution < -0.4 is 9.80 Å². The minimum absolute atomic E-state index is 0.167. The van der Waals surface area contributed by atoms with Gasteiger partial charge in [-0.3, -0.25) is 0 Å². The van der Waals surface area contributed by atoms with Gasteiger partial charge in [-0.15, -0.1) is 0 Å². The number of para-hydroxylation sites is 2. The smallest absolute Gasteiger partial charge is 0.170 e. The number of alkyl halides is 2. The molecule has 0 aromatic heterocycles. The van der Waals surface area contributed by atoms with Crippen LogP contribution in [-0.4, -0.2) is 23.7 Å². The SMILES string of the molecule is N#CC(C#N)=C1N(CCCBr)c2ccccc2N1CCCBr. The van der Waals surface area contributed by atoms with Crippen molar-refractivity contribution in [2.45, 2.75) is 12.8 Å². The van der Waals surface area contributed by atoms with E-state index in [1.54, 1.807) is 0 Å². The Morgan fingerprint density at radius 2 is 1.36 bits per heavy atom. The molecule has 0 fully saturated rings. The van der Waals surface area contributed by atoms with Gasteiger partial charge in [-0.2, -0.15) is 10.5 Å². The van der Waals surface area contributed by atoms with Crippen LogP contribution in [0.4, 0.5) is 11.4 Å². The van der Waals surface area contributed by atoms with Crippen LogP contribution in [0.3, 0.4) is 0 Å². The predicted octanol–water partition coefficient (Wildman–Crippen LogP) is 4.14. The minimum atomic E-state index is 0.167. The molecule has 0 N–H and O–H groups in total. The molecule has 1 aromatic rings. The molecule has 0 aliphatic carbocycles. The zero-order valence-corrected chi connectivity index (χ0v) is 15.3. The predicted molar refractivity (Wildman–Crippen MR) is 96.2 cm³/mol. The second kappa shape index (κ2) is 8.22. The normalized spacial score (nSPS) is 12.8. The number of nitriles is 2. The van der Waals surface area contributed by atoms with E-state index in [2.05, 4.69) is 53.8 Å². The number of anilines is 2. The Bertz CT molecular complexity index is 589. The summed E-state index contributed by atoms with van der Waals surface area (Å²) in [5, 5.41) is 20.5. The van der Waals surface area contributed by atoms with E-state index in [0.717, 1.165) is 48.0 Å². The average Bonchev–Trinajstić information content (AvgIpc) is 2.86. The molecule has 2 rings (SSSR count). The molecule has 1 aliphatic rings. The summed E-state index contributed by atoms with van der Waals surface area (Å²) in [6, 6.07) is 12.2. The number of rotatable bonds is 6. The summed E-state index contributed by atoms with van der Waals surface area (Å²) in [5.41, 5.74) is 2.30. The first kappa shape index (κ1) is 16.9. The highest BCUT2D eigenvalue weighted by Crippen LogP contribution is 2.42. The first-order chi connectivity index (χ1) is 10.8. The Labute approximate surface area is 147 Å². The van der Waals surface area contributed by atoms with Gasteiger partial charge >= 0.3 is 0 Å². The van der Waals surface area contributed by atoms with E-state index in [1.807, 2.05) is 24.3 Å². The van der Waals surface area contributed by atoms with Gasteiger partial charge in [-0.1, -0.05) is 44.0 Å². The van der Waals surface area contributed by atoms with E-state index in [0.29, 0.717) is 5.82 Å². The average molecular weight is 424 g/mol. The summed E-state index contributed by atoms with van der Waals surface area (Å²) in [6.45, 7) is 1.55. The molecule has 0 unspecified atom stereocenters. The fourth-order valence-electron chi connectivity index (χ4n) is 2.58. The standard InChI is InChI=1S/C16H16Br2N4/c17-7-3-9-21-14-5-1-2-6-15(14)22(10-4-8-18)16(21)13(11-19)12-20/h1-2,5-6H,3-4,7-10H2. The van der Waals surface area contributed by atoms with Crippen molar-refractivity contribution >= 4 is 43.2 Å². The van der Waals surface area contributed by atoms with Crippen LogP contribution >= 0.6 is 31.9 Å². The Kier molecular flexibility index (Phi) is 6.30. The van der Waals surface area contributed by atoms with E-state index < -0.39 is 0 Å². The van der Waals surface area contributed by atoms with E-state index in [1.165, 1.54) is 0 Å². The fourth-order valence-corrected chi connectivity index (χ4v) is 3.08. The molecule has 0 radical (unpaired) electrons. The van der Waals surface area contributed by atoms with E-state index in [-0.39, 0.29) is 5.57 Å². The van der Waals surface area contributed by atoms with Crippen molar-refractivity contribution in [3.63, 3.8) is 0 Å². The van der Waals surface area contributed by atoms with Crippen molar-refractivity contribution in [2.24, 2.45) is 0 Å². The first-order valence-electron chi connectivity index (χ1n) is 7.09. The van der Waals surface area contributed by atoms with Gasteiger partial charge in [0.2, 0.25) is 0 Å². The van der Waals surface area contributed by atoms with E-state index >= 15 is 0 Å². The fraction of sp³-hybridized carbons (Fsp3) is 0.375. The maximum atomic E-state index is 9.35. The van der Waals surface area contributed by atoms with Crippen molar-refractivity contribution in [3.8, 4) is 12.1 Å². The Morgan fingerprint density at radius 1 is 0.909 bits per heavy atom. The number of fused-ring (bicyclic) bond motifs is 1. The maximum absolute atomic E-state index is 9.35. The summed E-state index contributed by atoms with van der Waals surface area (Å²) in [5.74, 6) is 0.716. The third kappa shape index (κ3) is 3.29. The second-order valence-electron chi connectivity index (χ2n) is 4.80.